The topological polar surface area (TPSA) is 47.0 Å². The van der Waals surface area contributed by atoms with Gasteiger partial charge in [0.25, 0.3) is 0 Å². The van der Waals surface area contributed by atoms with Crippen LogP contribution in [0.2, 0.25) is 0 Å². The number of aryl methyl sites for hydroxylation is 1. The van der Waals surface area contributed by atoms with Gasteiger partial charge in [-0.3, -0.25) is 4.98 Å². The van der Waals surface area contributed by atoms with E-state index in [-0.39, 0.29) is 0 Å². The van der Waals surface area contributed by atoms with Gasteiger partial charge in [-0.1, -0.05) is 30.3 Å². The molecule has 138 valence electrons. The maximum Gasteiger partial charge on any atom is 0.127 e. The van der Waals surface area contributed by atoms with Crippen LogP contribution in [0.1, 0.15) is 29.2 Å². The van der Waals surface area contributed by atoms with Gasteiger partial charge in [-0.05, 0) is 60.4 Å². The van der Waals surface area contributed by atoms with E-state index in [0.29, 0.717) is 12.6 Å². The third-order valence-electron chi connectivity index (χ3n) is 5.24. The molecule has 0 saturated carbocycles. The van der Waals surface area contributed by atoms with Crippen molar-refractivity contribution < 1.29 is 4.74 Å². The number of aromatic nitrogens is 2. The lowest BCUT2D eigenvalue weighted by Gasteiger charge is -2.15. The minimum atomic E-state index is 0.336. The molecule has 0 amide bonds. The lowest BCUT2D eigenvalue weighted by atomic mass is 10.1. The predicted molar refractivity (Wildman–Crippen MR) is 111 cm³/mol. The molecule has 2 heterocycles. The molecule has 2 aromatic heterocycles. The smallest absolute Gasteiger partial charge is 0.127 e. The molecular weight excluding hydrogens is 346 g/mol. The number of nitrogens with zero attached hydrogens (tertiary/aromatic N) is 2. The van der Waals surface area contributed by atoms with Crippen LogP contribution in [0, 0.1) is 0 Å². The zero-order valence-corrected chi connectivity index (χ0v) is 15.5. The van der Waals surface area contributed by atoms with Gasteiger partial charge < -0.3 is 10.1 Å². The molecule has 4 nitrogen and oxygen atoms in total. The Bertz CT molecular complexity index is 1110. The summed E-state index contributed by atoms with van der Waals surface area (Å²) >= 11 is 0. The number of anilines is 1. The van der Waals surface area contributed by atoms with Gasteiger partial charge in [-0.15, -0.1) is 0 Å². The first-order valence-electron chi connectivity index (χ1n) is 9.62. The Morgan fingerprint density at radius 3 is 2.89 bits per heavy atom. The average Bonchev–Trinajstić information content (AvgIpc) is 3.16. The third kappa shape index (κ3) is 3.41. The molecule has 0 saturated heterocycles. The molecule has 1 atom stereocenters. The molecule has 2 aromatic carbocycles. The third-order valence-corrected chi connectivity index (χ3v) is 5.24. The van der Waals surface area contributed by atoms with Crippen molar-refractivity contribution in [3.63, 3.8) is 0 Å². The van der Waals surface area contributed by atoms with E-state index in [9.17, 15) is 0 Å². The Balaban J connectivity index is 1.31. The van der Waals surface area contributed by atoms with Gasteiger partial charge in [0.2, 0.25) is 0 Å². The van der Waals surface area contributed by atoms with Crippen LogP contribution in [0.25, 0.3) is 10.9 Å². The van der Waals surface area contributed by atoms with E-state index >= 15 is 0 Å². The van der Waals surface area contributed by atoms with Gasteiger partial charge in [-0.2, -0.15) is 0 Å². The van der Waals surface area contributed by atoms with Gasteiger partial charge in [-0.25, -0.2) is 4.98 Å². The number of pyridine rings is 2. The number of hydrogen-bond donors (Lipinski definition) is 1. The lowest BCUT2D eigenvalue weighted by Crippen LogP contribution is -2.08. The fourth-order valence-corrected chi connectivity index (χ4v) is 3.81. The van der Waals surface area contributed by atoms with E-state index in [1.807, 2.05) is 42.6 Å². The number of ether oxygens (including phenoxy) is 1. The molecule has 0 aliphatic heterocycles. The van der Waals surface area contributed by atoms with Crippen LogP contribution in [0.4, 0.5) is 5.82 Å². The first-order chi connectivity index (χ1) is 13.8. The normalized spacial score (nSPS) is 15.4. The molecule has 1 unspecified atom stereocenters. The summed E-state index contributed by atoms with van der Waals surface area (Å²) in [7, 11) is 0. The molecule has 0 spiro atoms. The first-order valence-corrected chi connectivity index (χ1v) is 9.62. The van der Waals surface area contributed by atoms with Crippen LogP contribution < -0.4 is 10.1 Å². The summed E-state index contributed by atoms with van der Waals surface area (Å²) in [5.41, 5.74) is 4.85. The minimum Gasteiger partial charge on any atom is -0.489 e. The van der Waals surface area contributed by atoms with Crippen molar-refractivity contribution in [1.82, 2.24) is 9.97 Å². The van der Waals surface area contributed by atoms with Gasteiger partial charge in [0.1, 0.15) is 18.2 Å². The molecule has 0 fully saturated rings. The highest BCUT2D eigenvalue weighted by atomic mass is 16.5. The molecule has 5 rings (SSSR count). The number of nitrogens with one attached hydrogen (secondary N) is 1. The molecule has 1 aliphatic carbocycles. The van der Waals surface area contributed by atoms with Crippen molar-refractivity contribution in [2.24, 2.45) is 0 Å². The highest BCUT2D eigenvalue weighted by molar-refractivity contribution is 5.81. The van der Waals surface area contributed by atoms with E-state index in [1.165, 1.54) is 11.1 Å². The maximum absolute atomic E-state index is 5.89. The molecule has 1 N–H and O–H groups in total. The van der Waals surface area contributed by atoms with Crippen molar-refractivity contribution in [3.8, 4) is 5.75 Å². The van der Waals surface area contributed by atoms with E-state index < -0.39 is 0 Å². The van der Waals surface area contributed by atoms with Crippen molar-refractivity contribution in [1.29, 1.82) is 0 Å². The molecule has 4 heteroatoms. The largest absolute Gasteiger partial charge is 0.489 e. The van der Waals surface area contributed by atoms with Gasteiger partial charge in [0.05, 0.1) is 11.6 Å². The highest BCUT2D eigenvalue weighted by Crippen LogP contribution is 2.33. The van der Waals surface area contributed by atoms with E-state index in [2.05, 4.69) is 40.6 Å². The summed E-state index contributed by atoms with van der Waals surface area (Å²) in [4.78, 5) is 8.91. The van der Waals surface area contributed by atoms with Crippen LogP contribution in [0.3, 0.4) is 0 Å². The van der Waals surface area contributed by atoms with Gasteiger partial charge in [0, 0.05) is 23.3 Å². The second kappa shape index (κ2) is 7.31. The maximum atomic E-state index is 5.89. The monoisotopic (exact) mass is 367 g/mol. The van der Waals surface area contributed by atoms with Crippen LogP contribution in [0.15, 0.2) is 79.1 Å². The summed E-state index contributed by atoms with van der Waals surface area (Å²) in [6, 6.07) is 23.1. The Kier molecular flexibility index (Phi) is 4.37. The quantitative estimate of drug-likeness (QED) is 0.519. The molecule has 1 aliphatic rings. The summed E-state index contributed by atoms with van der Waals surface area (Å²) in [6.45, 7) is 0.507. The lowest BCUT2D eigenvalue weighted by molar-refractivity contribution is 0.306. The second-order valence-electron chi connectivity index (χ2n) is 7.14. The highest BCUT2D eigenvalue weighted by Gasteiger charge is 2.21. The predicted octanol–water partition coefficient (Wildman–Crippen LogP) is 5.31. The Morgan fingerprint density at radius 2 is 1.96 bits per heavy atom. The SMILES string of the molecule is c1cncc(COc2ccc3nc(NC4CCc5ccccc54)ccc3c2)c1. The Hall–Kier alpha value is -3.40. The van der Waals surface area contributed by atoms with Gasteiger partial charge >= 0.3 is 0 Å². The Labute approximate surface area is 164 Å². The van der Waals surface area contributed by atoms with Gasteiger partial charge in [0.15, 0.2) is 0 Å². The molecule has 28 heavy (non-hydrogen) atoms. The number of benzene rings is 2. The second-order valence-corrected chi connectivity index (χ2v) is 7.14. The number of rotatable bonds is 5. The zero-order valence-electron chi connectivity index (χ0n) is 15.5. The van der Waals surface area contributed by atoms with Crippen LogP contribution in [0.5, 0.6) is 5.75 Å². The average molecular weight is 367 g/mol. The number of hydrogen-bond acceptors (Lipinski definition) is 4. The Morgan fingerprint density at radius 1 is 1.00 bits per heavy atom. The van der Waals surface area contributed by atoms with Crippen molar-refractivity contribution in [2.75, 3.05) is 5.32 Å². The summed E-state index contributed by atoms with van der Waals surface area (Å²) in [5, 5.41) is 4.67. The van der Waals surface area contributed by atoms with Crippen LogP contribution in [-0.4, -0.2) is 9.97 Å². The summed E-state index contributed by atoms with van der Waals surface area (Å²) < 4.78 is 5.89. The standard InChI is InChI=1S/C24H21N3O/c1-2-6-21-18(5-1)7-10-23(21)27-24-12-8-19-14-20(9-11-22(19)26-24)28-16-17-4-3-13-25-15-17/h1-6,8-9,11-15,23H,7,10,16H2,(H,26,27). The van der Waals surface area contributed by atoms with Crippen molar-refractivity contribution in [3.05, 3.63) is 95.8 Å². The molecular formula is C24H21N3O. The van der Waals surface area contributed by atoms with Crippen LogP contribution >= 0.6 is 0 Å². The van der Waals surface area contributed by atoms with E-state index in [0.717, 1.165) is 40.9 Å². The van der Waals surface area contributed by atoms with Crippen molar-refractivity contribution >= 4 is 16.7 Å². The molecule has 0 bridgehead atoms. The zero-order chi connectivity index (χ0) is 18.8. The van der Waals surface area contributed by atoms with Crippen molar-refractivity contribution in [2.45, 2.75) is 25.5 Å². The van der Waals surface area contributed by atoms with Crippen LogP contribution in [-0.2, 0) is 13.0 Å². The first kappa shape index (κ1) is 16.8. The van der Waals surface area contributed by atoms with E-state index in [4.69, 9.17) is 9.72 Å². The summed E-state index contributed by atoms with van der Waals surface area (Å²) in [6.07, 6.45) is 5.82. The van der Waals surface area contributed by atoms with E-state index in [1.54, 1.807) is 6.20 Å². The minimum absolute atomic E-state index is 0.336. The fourth-order valence-electron chi connectivity index (χ4n) is 3.81. The fraction of sp³-hybridized carbons (Fsp3) is 0.167. The molecule has 4 aromatic rings. The summed E-state index contributed by atoms with van der Waals surface area (Å²) in [5.74, 6) is 1.75. The number of fused-ring (bicyclic) bond motifs is 2. The molecule has 0 radical (unpaired) electrons.